The molecule has 0 spiro atoms. The normalized spacial score (nSPS) is 11.5. The van der Waals surface area contributed by atoms with E-state index in [4.69, 9.17) is 22.1 Å². The summed E-state index contributed by atoms with van der Waals surface area (Å²) < 4.78 is 7.62. The molecule has 5 nitrogen and oxygen atoms in total. The summed E-state index contributed by atoms with van der Waals surface area (Å²) in [6.07, 6.45) is 1.87. The van der Waals surface area contributed by atoms with E-state index in [0.29, 0.717) is 17.2 Å². The van der Waals surface area contributed by atoms with Gasteiger partial charge >= 0.3 is 0 Å². The topological polar surface area (TPSA) is 55.2 Å². The van der Waals surface area contributed by atoms with E-state index in [-0.39, 0.29) is 0 Å². The Morgan fingerprint density at radius 2 is 1.61 bits per heavy atom. The number of nitrogens with one attached hydrogen (secondary N) is 1. The van der Waals surface area contributed by atoms with Gasteiger partial charge in [-0.25, -0.2) is 5.10 Å². The van der Waals surface area contributed by atoms with Crippen LogP contribution in [0.5, 0.6) is 5.75 Å². The molecule has 0 fully saturated rings. The third-order valence-electron chi connectivity index (χ3n) is 5.19. The second-order valence-electron chi connectivity index (χ2n) is 7.10. The van der Waals surface area contributed by atoms with Gasteiger partial charge in [0.05, 0.1) is 12.8 Å². The van der Waals surface area contributed by atoms with E-state index < -0.39 is 0 Å². The quantitative estimate of drug-likeness (QED) is 0.208. The molecule has 1 N–H and O–H groups in total. The number of hydrogen-bond acceptors (Lipinski definition) is 4. The summed E-state index contributed by atoms with van der Waals surface area (Å²) in [4.78, 5) is 0. The Kier molecular flexibility index (Phi) is 5.06. The number of rotatable bonds is 5. The summed E-state index contributed by atoms with van der Waals surface area (Å²) in [5.41, 5.74) is 1.95. The fourth-order valence-electron chi connectivity index (χ4n) is 3.76. The first-order chi connectivity index (χ1) is 15.2. The van der Waals surface area contributed by atoms with Crippen molar-refractivity contribution < 1.29 is 4.74 Å². The molecule has 5 aromatic rings. The molecule has 0 aliphatic carbocycles. The van der Waals surface area contributed by atoms with Crippen LogP contribution in [0.4, 0.5) is 0 Å². The lowest BCUT2D eigenvalue weighted by Gasteiger charge is -2.08. The number of aromatic amines is 1. The first kappa shape index (κ1) is 19.2. The van der Waals surface area contributed by atoms with Crippen LogP contribution in [0.3, 0.4) is 0 Å². The van der Waals surface area contributed by atoms with Crippen LogP contribution in [0.25, 0.3) is 32.9 Å². The van der Waals surface area contributed by atoms with Crippen LogP contribution >= 0.6 is 12.2 Å². The zero-order valence-electron chi connectivity index (χ0n) is 16.9. The fraction of sp³-hybridized carbons (Fsp3) is 0.0800. The standard InChI is InChI=1S/C25H20N4OS/c1-2-30-20-13-11-17(12-14-20)24-27-28-25(31)29(24)26-16-23-21-9-5-3-7-18(21)15-19-8-4-6-10-22(19)23/h3-16H,2H2,1H3,(H,28,31). The van der Waals surface area contributed by atoms with Gasteiger partial charge in [-0.15, -0.1) is 0 Å². The van der Waals surface area contributed by atoms with Gasteiger partial charge in [-0.2, -0.15) is 14.9 Å². The van der Waals surface area contributed by atoms with E-state index in [1.807, 2.05) is 61.7 Å². The molecule has 31 heavy (non-hydrogen) atoms. The highest BCUT2D eigenvalue weighted by molar-refractivity contribution is 7.71. The van der Waals surface area contributed by atoms with Crippen molar-refractivity contribution in [2.24, 2.45) is 5.10 Å². The van der Waals surface area contributed by atoms with Crippen molar-refractivity contribution in [2.75, 3.05) is 6.61 Å². The highest BCUT2D eigenvalue weighted by Gasteiger charge is 2.10. The van der Waals surface area contributed by atoms with Crippen LogP contribution in [0.2, 0.25) is 0 Å². The number of benzene rings is 4. The van der Waals surface area contributed by atoms with Gasteiger partial charge in [-0.05, 0) is 71.0 Å². The number of aromatic nitrogens is 3. The average Bonchev–Trinajstić information content (AvgIpc) is 3.17. The Labute approximate surface area is 184 Å². The van der Waals surface area contributed by atoms with Crippen molar-refractivity contribution in [1.29, 1.82) is 0 Å². The molecule has 0 aliphatic heterocycles. The molecule has 1 heterocycles. The minimum Gasteiger partial charge on any atom is -0.494 e. The zero-order valence-corrected chi connectivity index (χ0v) is 17.8. The Morgan fingerprint density at radius 3 is 2.26 bits per heavy atom. The van der Waals surface area contributed by atoms with Gasteiger partial charge in [-0.1, -0.05) is 48.5 Å². The predicted molar refractivity (Wildman–Crippen MR) is 128 cm³/mol. The van der Waals surface area contributed by atoms with Crippen molar-refractivity contribution in [3.05, 3.63) is 89.2 Å². The Hall–Kier alpha value is -3.77. The molecule has 0 atom stereocenters. The molecule has 152 valence electrons. The summed E-state index contributed by atoms with van der Waals surface area (Å²) in [6.45, 7) is 2.59. The second kappa shape index (κ2) is 8.16. The summed E-state index contributed by atoms with van der Waals surface area (Å²) >= 11 is 5.45. The van der Waals surface area contributed by atoms with Crippen LogP contribution in [0.15, 0.2) is 84.0 Å². The lowest BCUT2D eigenvalue weighted by atomic mass is 9.97. The SMILES string of the molecule is CCOc1ccc(-c2n[nH]c(=S)n2N=Cc2c3ccccc3cc3ccccc23)cc1. The molecule has 0 aliphatic rings. The Morgan fingerprint density at radius 1 is 0.968 bits per heavy atom. The number of fused-ring (bicyclic) bond motifs is 2. The molecule has 6 heteroatoms. The maximum atomic E-state index is 5.53. The van der Waals surface area contributed by atoms with Crippen molar-refractivity contribution >= 4 is 40.0 Å². The molecule has 0 saturated heterocycles. The van der Waals surface area contributed by atoms with Gasteiger partial charge in [0.2, 0.25) is 4.77 Å². The number of hydrogen-bond donors (Lipinski definition) is 1. The molecule has 5 rings (SSSR count). The van der Waals surface area contributed by atoms with Crippen LogP contribution in [0, 0.1) is 4.77 Å². The molecule has 4 aromatic carbocycles. The van der Waals surface area contributed by atoms with Crippen LogP contribution < -0.4 is 4.74 Å². The molecule has 0 amide bonds. The molecule has 0 radical (unpaired) electrons. The van der Waals surface area contributed by atoms with Crippen molar-refractivity contribution in [3.8, 4) is 17.1 Å². The summed E-state index contributed by atoms with van der Waals surface area (Å²) in [6, 6.07) is 26.6. The van der Waals surface area contributed by atoms with Gasteiger partial charge in [0.25, 0.3) is 0 Å². The van der Waals surface area contributed by atoms with Crippen LogP contribution in [0.1, 0.15) is 12.5 Å². The van der Waals surface area contributed by atoms with Crippen molar-refractivity contribution in [1.82, 2.24) is 14.9 Å². The van der Waals surface area contributed by atoms with Crippen LogP contribution in [-0.2, 0) is 0 Å². The summed E-state index contributed by atoms with van der Waals surface area (Å²) in [5, 5.41) is 16.6. The Balaban J connectivity index is 1.63. The maximum Gasteiger partial charge on any atom is 0.216 e. The van der Waals surface area contributed by atoms with Crippen molar-refractivity contribution in [3.63, 3.8) is 0 Å². The fourth-order valence-corrected chi connectivity index (χ4v) is 3.94. The van der Waals surface area contributed by atoms with E-state index in [9.17, 15) is 0 Å². The van der Waals surface area contributed by atoms with E-state index in [0.717, 1.165) is 27.6 Å². The number of H-pyrrole nitrogens is 1. The second-order valence-corrected chi connectivity index (χ2v) is 7.49. The number of ether oxygens (including phenoxy) is 1. The third-order valence-corrected chi connectivity index (χ3v) is 5.45. The molecular weight excluding hydrogens is 404 g/mol. The largest absolute Gasteiger partial charge is 0.494 e. The summed E-state index contributed by atoms with van der Waals surface area (Å²) in [7, 11) is 0. The van der Waals surface area contributed by atoms with Gasteiger partial charge in [0, 0.05) is 11.1 Å². The van der Waals surface area contributed by atoms with E-state index in [2.05, 4.69) is 40.5 Å². The lowest BCUT2D eigenvalue weighted by molar-refractivity contribution is 0.340. The average molecular weight is 425 g/mol. The van der Waals surface area contributed by atoms with Crippen LogP contribution in [-0.4, -0.2) is 27.7 Å². The number of nitrogens with zero attached hydrogens (tertiary/aromatic N) is 3. The van der Waals surface area contributed by atoms with Gasteiger partial charge < -0.3 is 4.74 Å². The first-order valence-corrected chi connectivity index (χ1v) is 10.5. The highest BCUT2D eigenvalue weighted by atomic mass is 32.1. The van der Waals surface area contributed by atoms with E-state index >= 15 is 0 Å². The van der Waals surface area contributed by atoms with E-state index in [1.54, 1.807) is 4.68 Å². The molecule has 0 bridgehead atoms. The lowest BCUT2D eigenvalue weighted by Crippen LogP contribution is -1.97. The van der Waals surface area contributed by atoms with E-state index in [1.165, 1.54) is 10.8 Å². The first-order valence-electron chi connectivity index (χ1n) is 10.1. The van der Waals surface area contributed by atoms with Gasteiger partial charge in [0.15, 0.2) is 5.82 Å². The predicted octanol–water partition coefficient (Wildman–Crippen LogP) is 6.19. The molecule has 1 aromatic heterocycles. The maximum absolute atomic E-state index is 5.53. The molecule has 0 unspecified atom stereocenters. The smallest absolute Gasteiger partial charge is 0.216 e. The summed E-state index contributed by atoms with van der Waals surface area (Å²) in [5.74, 6) is 1.46. The zero-order chi connectivity index (χ0) is 21.2. The minimum absolute atomic E-state index is 0.435. The molecular formula is C25H20N4OS. The monoisotopic (exact) mass is 424 g/mol. The Bertz CT molecular complexity index is 1410. The third kappa shape index (κ3) is 3.62. The highest BCUT2D eigenvalue weighted by Crippen LogP contribution is 2.27. The minimum atomic E-state index is 0.435. The molecule has 0 saturated carbocycles. The van der Waals surface area contributed by atoms with Gasteiger partial charge in [0.1, 0.15) is 5.75 Å². The van der Waals surface area contributed by atoms with Gasteiger partial charge in [-0.3, -0.25) is 0 Å². The van der Waals surface area contributed by atoms with Crippen molar-refractivity contribution in [2.45, 2.75) is 6.92 Å².